The molecular weight excluding hydrogens is 479 g/mol. The van der Waals surface area contributed by atoms with Gasteiger partial charge in [-0.15, -0.1) is 24.0 Å². The molecule has 1 aromatic carbocycles. The molecule has 3 rings (SSSR count). The van der Waals surface area contributed by atoms with Crippen LogP contribution in [0.25, 0.3) is 0 Å². The van der Waals surface area contributed by atoms with E-state index in [1.54, 1.807) is 0 Å². The summed E-state index contributed by atoms with van der Waals surface area (Å²) in [6, 6.07) is 6.59. The first-order chi connectivity index (χ1) is 13.7. The Kier molecular flexibility index (Phi) is 10.5. The zero-order valence-electron chi connectivity index (χ0n) is 18.2. The number of aliphatic imine (C=N–C) groups is 1. The molecule has 0 atom stereocenters. The second-order valence-electron chi connectivity index (χ2n) is 7.70. The molecule has 0 aliphatic carbocycles. The summed E-state index contributed by atoms with van der Waals surface area (Å²) in [4.78, 5) is 9.34. The van der Waals surface area contributed by atoms with Gasteiger partial charge in [0.2, 0.25) is 0 Å². The molecular formula is C22H37IN4O2. The van der Waals surface area contributed by atoms with Crippen LogP contribution < -0.4 is 10.2 Å². The van der Waals surface area contributed by atoms with Crippen molar-refractivity contribution in [3.05, 3.63) is 29.3 Å². The number of nitrogens with zero attached hydrogens (tertiary/aromatic N) is 3. The van der Waals surface area contributed by atoms with E-state index in [4.69, 9.17) is 9.47 Å². The largest absolute Gasteiger partial charge is 0.381 e. The maximum atomic E-state index is 5.95. The lowest BCUT2D eigenvalue weighted by Crippen LogP contribution is -2.52. The average Bonchev–Trinajstić information content (AvgIpc) is 2.74. The second kappa shape index (κ2) is 12.6. The number of nitrogens with one attached hydrogen (secondary N) is 1. The third kappa shape index (κ3) is 7.00. The van der Waals surface area contributed by atoms with Crippen LogP contribution in [0, 0.1) is 13.8 Å². The Morgan fingerprint density at radius 1 is 1.17 bits per heavy atom. The van der Waals surface area contributed by atoms with Crippen LogP contribution in [-0.4, -0.2) is 76.6 Å². The molecule has 2 aliphatic rings. The molecule has 2 saturated heterocycles. The minimum atomic E-state index is 0. The van der Waals surface area contributed by atoms with E-state index >= 15 is 0 Å². The van der Waals surface area contributed by atoms with E-state index < -0.39 is 0 Å². The quantitative estimate of drug-likeness (QED) is 0.273. The number of hydrogen-bond donors (Lipinski definition) is 1. The van der Waals surface area contributed by atoms with E-state index in [1.165, 1.54) is 16.8 Å². The number of benzene rings is 1. The van der Waals surface area contributed by atoms with Crippen LogP contribution >= 0.6 is 24.0 Å². The molecule has 2 heterocycles. The summed E-state index contributed by atoms with van der Waals surface area (Å²) in [7, 11) is 1.87. The minimum absolute atomic E-state index is 0. The fourth-order valence-electron chi connectivity index (χ4n) is 3.93. The number of halogens is 1. The molecule has 0 amide bonds. The van der Waals surface area contributed by atoms with E-state index in [9.17, 15) is 0 Å². The lowest BCUT2D eigenvalue weighted by atomic mass is 10.1. The van der Waals surface area contributed by atoms with Gasteiger partial charge in [0.25, 0.3) is 0 Å². The molecule has 2 fully saturated rings. The summed E-state index contributed by atoms with van der Waals surface area (Å²) in [5.74, 6) is 1.01. The van der Waals surface area contributed by atoms with Crippen LogP contribution in [0.5, 0.6) is 0 Å². The van der Waals surface area contributed by atoms with Gasteiger partial charge < -0.3 is 24.6 Å². The number of guanidine groups is 1. The lowest BCUT2D eigenvalue weighted by molar-refractivity contribution is -0.0320. The van der Waals surface area contributed by atoms with E-state index in [1.807, 2.05) is 7.05 Å². The van der Waals surface area contributed by atoms with Crippen LogP contribution in [0.1, 0.15) is 30.4 Å². The molecule has 6 nitrogen and oxygen atoms in total. The molecule has 0 saturated carbocycles. The monoisotopic (exact) mass is 516 g/mol. The molecule has 0 aromatic heterocycles. The van der Waals surface area contributed by atoms with Gasteiger partial charge in [-0.2, -0.15) is 0 Å². The fourth-order valence-corrected chi connectivity index (χ4v) is 3.93. The topological polar surface area (TPSA) is 49.3 Å². The molecule has 0 bridgehead atoms. The molecule has 1 aromatic rings. The average molecular weight is 516 g/mol. The maximum Gasteiger partial charge on any atom is 0.193 e. The van der Waals surface area contributed by atoms with Crippen molar-refractivity contribution < 1.29 is 9.47 Å². The highest BCUT2D eigenvalue weighted by atomic mass is 127. The normalized spacial score (nSPS) is 18.5. The van der Waals surface area contributed by atoms with Gasteiger partial charge in [-0.1, -0.05) is 12.1 Å². The minimum Gasteiger partial charge on any atom is -0.381 e. The molecule has 0 radical (unpaired) electrons. The predicted octanol–water partition coefficient (Wildman–Crippen LogP) is 3.20. The number of piperazine rings is 1. The zero-order chi connectivity index (χ0) is 19.8. The number of hydrogen-bond acceptors (Lipinski definition) is 4. The smallest absolute Gasteiger partial charge is 0.193 e. The molecule has 1 N–H and O–H groups in total. The molecule has 7 heteroatoms. The molecule has 0 unspecified atom stereocenters. The Morgan fingerprint density at radius 3 is 2.59 bits per heavy atom. The Bertz CT molecular complexity index is 642. The standard InChI is InChI=1S/C22H36N4O2.HI/c1-18-6-4-7-21(19(18)2)25-11-13-26(14-12-25)22(23-3)24-10-5-15-28-20-8-16-27-17-9-20;/h4,6-7,20H,5,8-17H2,1-3H3,(H,23,24);1H. The number of rotatable bonds is 6. The van der Waals surface area contributed by atoms with Crippen LogP contribution in [0.15, 0.2) is 23.2 Å². The second-order valence-corrected chi connectivity index (χ2v) is 7.70. The first kappa shape index (κ1) is 24.2. The van der Waals surface area contributed by atoms with Crippen LogP contribution in [0.2, 0.25) is 0 Å². The van der Waals surface area contributed by atoms with Crippen molar-refractivity contribution in [1.82, 2.24) is 10.2 Å². The van der Waals surface area contributed by atoms with Gasteiger partial charge in [-0.3, -0.25) is 4.99 Å². The van der Waals surface area contributed by atoms with Gasteiger partial charge >= 0.3 is 0 Å². The summed E-state index contributed by atoms with van der Waals surface area (Å²) >= 11 is 0. The van der Waals surface area contributed by atoms with E-state index in [0.717, 1.165) is 77.8 Å². The van der Waals surface area contributed by atoms with E-state index in [-0.39, 0.29) is 24.0 Å². The predicted molar refractivity (Wildman–Crippen MR) is 131 cm³/mol. The number of ether oxygens (including phenoxy) is 2. The molecule has 0 spiro atoms. The van der Waals surface area contributed by atoms with Crippen molar-refractivity contribution in [2.24, 2.45) is 4.99 Å². The molecule has 2 aliphatic heterocycles. The Labute approximate surface area is 193 Å². The van der Waals surface area contributed by atoms with Gasteiger partial charge in [0.05, 0.1) is 6.10 Å². The van der Waals surface area contributed by atoms with Crippen molar-refractivity contribution in [2.75, 3.05) is 64.5 Å². The van der Waals surface area contributed by atoms with E-state index in [2.05, 4.69) is 52.2 Å². The van der Waals surface area contributed by atoms with E-state index in [0.29, 0.717) is 6.10 Å². The van der Waals surface area contributed by atoms with Crippen molar-refractivity contribution in [1.29, 1.82) is 0 Å². The summed E-state index contributed by atoms with van der Waals surface area (Å²) in [5.41, 5.74) is 4.12. The Balaban J connectivity index is 0.00000300. The maximum absolute atomic E-state index is 5.95. The Hall–Kier alpha value is -1.06. The number of aryl methyl sites for hydroxylation is 1. The van der Waals surface area contributed by atoms with Gasteiger partial charge in [-0.25, -0.2) is 0 Å². The van der Waals surface area contributed by atoms with Crippen molar-refractivity contribution >= 4 is 35.6 Å². The SMILES string of the molecule is CN=C(NCCCOC1CCOCC1)N1CCN(c2cccc(C)c2C)CC1.I. The Morgan fingerprint density at radius 2 is 1.90 bits per heavy atom. The first-order valence-corrected chi connectivity index (χ1v) is 10.6. The van der Waals surface area contributed by atoms with Crippen LogP contribution in [-0.2, 0) is 9.47 Å². The summed E-state index contributed by atoms with van der Waals surface area (Å²) < 4.78 is 11.3. The third-order valence-corrected chi connectivity index (χ3v) is 5.83. The highest BCUT2D eigenvalue weighted by molar-refractivity contribution is 14.0. The highest BCUT2D eigenvalue weighted by Gasteiger charge is 2.21. The van der Waals surface area contributed by atoms with Crippen molar-refractivity contribution in [2.45, 2.75) is 39.2 Å². The molecule has 164 valence electrons. The molecule has 29 heavy (non-hydrogen) atoms. The zero-order valence-corrected chi connectivity index (χ0v) is 20.5. The van der Waals surface area contributed by atoms with Crippen molar-refractivity contribution in [3.63, 3.8) is 0 Å². The summed E-state index contributed by atoms with van der Waals surface area (Å²) in [6.45, 7) is 11.8. The lowest BCUT2D eigenvalue weighted by Gasteiger charge is -2.38. The number of anilines is 1. The van der Waals surface area contributed by atoms with Gasteiger partial charge in [-0.05, 0) is 50.3 Å². The summed E-state index contributed by atoms with van der Waals surface area (Å²) in [5, 5.41) is 3.50. The van der Waals surface area contributed by atoms with Gasteiger partial charge in [0, 0.05) is 65.3 Å². The van der Waals surface area contributed by atoms with Gasteiger partial charge in [0.15, 0.2) is 5.96 Å². The first-order valence-electron chi connectivity index (χ1n) is 10.6. The fraction of sp³-hybridized carbons (Fsp3) is 0.682. The van der Waals surface area contributed by atoms with Crippen LogP contribution in [0.3, 0.4) is 0 Å². The third-order valence-electron chi connectivity index (χ3n) is 5.83. The van der Waals surface area contributed by atoms with Crippen molar-refractivity contribution in [3.8, 4) is 0 Å². The highest BCUT2D eigenvalue weighted by Crippen LogP contribution is 2.23. The van der Waals surface area contributed by atoms with Gasteiger partial charge in [0.1, 0.15) is 0 Å². The summed E-state index contributed by atoms with van der Waals surface area (Å²) in [6.07, 6.45) is 3.43. The van der Waals surface area contributed by atoms with Crippen LogP contribution in [0.4, 0.5) is 5.69 Å².